The van der Waals surface area contributed by atoms with Gasteiger partial charge in [0.05, 0.1) is 18.8 Å². The molecule has 2 rings (SSSR count). The van der Waals surface area contributed by atoms with Crippen molar-refractivity contribution in [3.8, 4) is 0 Å². The van der Waals surface area contributed by atoms with E-state index in [-0.39, 0.29) is 6.61 Å². The van der Waals surface area contributed by atoms with Crippen LogP contribution in [-0.4, -0.2) is 27.5 Å². The second kappa shape index (κ2) is 6.16. The number of aromatic nitrogens is 2. The molecule has 1 unspecified atom stereocenters. The van der Waals surface area contributed by atoms with Crippen molar-refractivity contribution in [3.05, 3.63) is 29.1 Å². The Hall–Kier alpha value is -1.13. The molecule has 1 heterocycles. The van der Waals surface area contributed by atoms with Gasteiger partial charge in [0.25, 0.3) is 0 Å². The Morgan fingerprint density at radius 2 is 2.33 bits per heavy atom. The number of hydrogen-bond acceptors (Lipinski definition) is 3. The summed E-state index contributed by atoms with van der Waals surface area (Å²) in [6.45, 7) is 5.69. The molecule has 0 fully saturated rings. The highest BCUT2D eigenvalue weighted by Gasteiger charge is 2.13. The molecule has 0 aliphatic heterocycles. The maximum atomic E-state index is 8.99. The molecule has 0 saturated carbocycles. The highest BCUT2D eigenvalue weighted by atomic mass is 16.3. The topological polar surface area (TPSA) is 50.1 Å². The van der Waals surface area contributed by atoms with Crippen LogP contribution in [0.25, 0.3) is 0 Å². The summed E-state index contributed by atoms with van der Waals surface area (Å²) in [6, 6.07) is 0.499. The lowest BCUT2D eigenvalue weighted by Crippen LogP contribution is -2.28. The minimum absolute atomic E-state index is 0.139. The van der Waals surface area contributed by atoms with Crippen molar-refractivity contribution in [2.75, 3.05) is 6.61 Å². The second-order valence-electron chi connectivity index (χ2n) is 4.94. The van der Waals surface area contributed by atoms with Crippen LogP contribution < -0.4 is 5.32 Å². The highest BCUT2D eigenvalue weighted by Crippen LogP contribution is 2.15. The molecule has 4 heteroatoms. The van der Waals surface area contributed by atoms with Crippen LogP contribution in [0.15, 0.2) is 12.2 Å². The van der Waals surface area contributed by atoms with Gasteiger partial charge in [0.1, 0.15) is 0 Å². The fourth-order valence-electron chi connectivity index (χ4n) is 2.52. The van der Waals surface area contributed by atoms with Crippen LogP contribution in [0.4, 0.5) is 0 Å². The van der Waals surface area contributed by atoms with Crippen LogP contribution >= 0.6 is 0 Å². The monoisotopic (exact) mass is 249 g/mol. The molecule has 1 aliphatic rings. The normalized spacial score (nSPS) is 19.4. The van der Waals surface area contributed by atoms with Gasteiger partial charge in [0.15, 0.2) is 0 Å². The van der Waals surface area contributed by atoms with E-state index in [2.05, 4.69) is 29.5 Å². The molecule has 100 valence electrons. The molecule has 2 N–H and O–H groups in total. The summed E-state index contributed by atoms with van der Waals surface area (Å²) in [7, 11) is 0. The van der Waals surface area contributed by atoms with Crippen molar-refractivity contribution in [2.45, 2.75) is 52.2 Å². The fraction of sp³-hybridized carbons (Fsp3) is 0.643. The molecule has 4 nitrogen and oxygen atoms in total. The van der Waals surface area contributed by atoms with Crippen molar-refractivity contribution >= 4 is 0 Å². The Kier molecular flexibility index (Phi) is 4.55. The average molecular weight is 249 g/mol. The number of rotatable bonds is 5. The summed E-state index contributed by atoms with van der Waals surface area (Å²) in [6.07, 6.45) is 8.24. The Bertz CT molecular complexity index is 423. The number of allylic oxidation sites excluding steroid dienone is 1. The summed E-state index contributed by atoms with van der Waals surface area (Å²) in [5, 5.41) is 17.0. The molecule has 18 heavy (non-hydrogen) atoms. The smallest absolute Gasteiger partial charge is 0.0644 e. The summed E-state index contributed by atoms with van der Waals surface area (Å²) in [5.41, 5.74) is 3.49. The molecule has 0 aromatic carbocycles. The van der Waals surface area contributed by atoms with E-state index in [4.69, 9.17) is 5.11 Å². The first-order valence-electron chi connectivity index (χ1n) is 6.76. The highest BCUT2D eigenvalue weighted by molar-refractivity contribution is 5.24. The van der Waals surface area contributed by atoms with Gasteiger partial charge in [-0.05, 0) is 33.1 Å². The van der Waals surface area contributed by atoms with Crippen LogP contribution in [0.2, 0.25) is 0 Å². The number of hydrogen-bond donors (Lipinski definition) is 2. The summed E-state index contributed by atoms with van der Waals surface area (Å²) in [5.74, 6) is 0. The Balaban J connectivity index is 2.00. The van der Waals surface area contributed by atoms with Crippen molar-refractivity contribution in [3.63, 3.8) is 0 Å². The lowest BCUT2D eigenvalue weighted by atomic mass is 10.0. The van der Waals surface area contributed by atoms with E-state index in [1.54, 1.807) is 0 Å². The van der Waals surface area contributed by atoms with Gasteiger partial charge in [-0.25, -0.2) is 0 Å². The van der Waals surface area contributed by atoms with Crippen LogP contribution in [-0.2, 0) is 13.1 Å². The third-order valence-electron chi connectivity index (χ3n) is 3.64. The van der Waals surface area contributed by atoms with E-state index in [1.807, 2.05) is 11.6 Å². The molecule has 1 atom stereocenters. The summed E-state index contributed by atoms with van der Waals surface area (Å²) >= 11 is 0. The SMILES string of the molecule is Cc1nn(CCO)c(C)c1CNC1C=CCCC1. The van der Waals surface area contributed by atoms with E-state index in [1.165, 1.54) is 24.8 Å². The van der Waals surface area contributed by atoms with Crippen LogP contribution in [0.5, 0.6) is 0 Å². The molecule has 0 saturated heterocycles. The first-order chi connectivity index (χ1) is 8.72. The molecule has 1 aromatic heterocycles. The second-order valence-corrected chi connectivity index (χ2v) is 4.94. The Labute approximate surface area is 109 Å². The first-order valence-corrected chi connectivity index (χ1v) is 6.76. The number of aryl methyl sites for hydroxylation is 1. The van der Waals surface area contributed by atoms with E-state index in [0.717, 1.165) is 17.9 Å². The largest absolute Gasteiger partial charge is 0.394 e. The molecular formula is C14H23N3O. The summed E-state index contributed by atoms with van der Waals surface area (Å²) in [4.78, 5) is 0. The lowest BCUT2D eigenvalue weighted by molar-refractivity contribution is 0.267. The molecule has 0 amide bonds. The fourth-order valence-corrected chi connectivity index (χ4v) is 2.52. The Morgan fingerprint density at radius 1 is 1.50 bits per heavy atom. The van der Waals surface area contributed by atoms with Crippen molar-refractivity contribution in [1.82, 2.24) is 15.1 Å². The zero-order chi connectivity index (χ0) is 13.0. The van der Waals surface area contributed by atoms with Gasteiger partial charge in [0, 0.05) is 23.8 Å². The summed E-state index contributed by atoms with van der Waals surface area (Å²) < 4.78 is 1.89. The maximum absolute atomic E-state index is 8.99. The quantitative estimate of drug-likeness (QED) is 0.781. The van der Waals surface area contributed by atoms with Gasteiger partial charge >= 0.3 is 0 Å². The number of nitrogens with one attached hydrogen (secondary N) is 1. The zero-order valence-corrected chi connectivity index (χ0v) is 11.3. The molecule has 0 bridgehead atoms. The maximum Gasteiger partial charge on any atom is 0.0644 e. The van der Waals surface area contributed by atoms with Crippen molar-refractivity contribution in [2.24, 2.45) is 0 Å². The van der Waals surface area contributed by atoms with Crippen molar-refractivity contribution < 1.29 is 5.11 Å². The van der Waals surface area contributed by atoms with E-state index < -0.39 is 0 Å². The number of aliphatic hydroxyl groups excluding tert-OH is 1. The van der Waals surface area contributed by atoms with Gasteiger partial charge in [-0.2, -0.15) is 5.10 Å². The van der Waals surface area contributed by atoms with Crippen LogP contribution in [0.3, 0.4) is 0 Å². The number of aliphatic hydroxyl groups is 1. The van der Waals surface area contributed by atoms with E-state index >= 15 is 0 Å². The van der Waals surface area contributed by atoms with Crippen LogP contribution in [0, 0.1) is 13.8 Å². The first kappa shape index (κ1) is 13.3. The predicted molar refractivity (Wildman–Crippen MR) is 72.4 cm³/mol. The van der Waals surface area contributed by atoms with Gasteiger partial charge < -0.3 is 10.4 Å². The molecular weight excluding hydrogens is 226 g/mol. The third kappa shape index (κ3) is 3.00. The average Bonchev–Trinajstić information content (AvgIpc) is 2.64. The van der Waals surface area contributed by atoms with E-state index in [0.29, 0.717) is 12.6 Å². The van der Waals surface area contributed by atoms with Gasteiger partial charge in [0.2, 0.25) is 0 Å². The van der Waals surface area contributed by atoms with Gasteiger partial charge in [-0.1, -0.05) is 12.2 Å². The Morgan fingerprint density at radius 3 is 3.00 bits per heavy atom. The molecule has 1 aliphatic carbocycles. The standard InChI is InChI=1S/C14H23N3O/c1-11-14(12(2)17(16-11)8-9-18)10-15-13-6-4-3-5-7-13/h4,6,13,15,18H,3,5,7-10H2,1-2H3. The van der Waals surface area contributed by atoms with Crippen molar-refractivity contribution in [1.29, 1.82) is 0 Å². The zero-order valence-electron chi connectivity index (χ0n) is 11.3. The lowest BCUT2D eigenvalue weighted by Gasteiger charge is -2.18. The van der Waals surface area contributed by atoms with Crippen LogP contribution in [0.1, 0.15) is 36.2 Å². The third-order valence-corrected chi connectivity index (χ3v) is 3.64. The molecule has 0 radical (unpaired) electrons. The molecule has 0 spiro atoms. The van der Waals surface area contributed by atoms with Gasteiger partial charge in [-0.3, -0.25) is 4.68 Å². The number of nitrogens with zero attached hydrogens (tertiary/aromatic N) is 2. The van der Waals surface area contributed by atoms with Gasteiger partial charge in [-0.15, -0.1) is 0 Å². The van der Waals surface area contributed by atoms with E-state index in [9.17, 15) is 0 Å². The minimum Gasteiger partial charge on any atom is -0.394 e. The molecule has 1 aromatic rings. The minimum atomic E-state index is 0.139. The predicted octanol–water partition coefficient (Wildman–Crippen LogP) is 1.69.